The van der Waals surface area contributed by atoms with Gasteiger partial charge in [0.1, 0.15) is 6.54 Å². The third-order valence-electron chi connectivity index (χ3n) is 5.26. The molecule has 172 valence electrons. The van der Waals surface area contributed by atoms with Gasteiger partial charge in [0.2, 0.25) is 5.91 Å². The Morgan fingerprint density at radius 1 is 1.00 bits per heavy atom. The summed E-state index contributed by atoms with van der Waals surface area (Å²) in [4.78, 5) is 41.6. The average Bonchev–Trinajstić information content (AvgIpc) is 3.32. The van der Waals surface area contributed by atoms with E-state index in [1.54, 1.807) is 35.3 Å². The van der Waals surface area contributed by atoms with Crippen LogP contribution in [0.15, 0.2) is 66.0 Å². The Morgan fingerprint density at radius 3 is 2.39 bits per heavy atom. The molecule has 7 nitrogen and oxygen atoms in total. The van der Waals surface area contributed by atoms with E-state index in [0.717, 1.165) is 10.4 Å². The maximum Gasteiger partial charge on any atom is 0.273 e. The summed E-state index contributed by atoms with van der Waals surface area (Å²) in [6.45, 7) is 4.73. The topological polar surface area (TPSA) is 83.8 Å². The fraction of sp³-hybridized carbons (Fsp3) is 0.280. The molecule has 2 amide bonds. The Morgan fingerprint density at radius 2 is 1.76 bits per heavy atom. The molecule has 3 aromatic rings. The smallest absolute Gasteiger partial charge is 0.273 e. The molecule has 3 rings (SSSR count). The van der Waals surface area contributed by atoms with Gasteiger partial charge in [-0.1, -0.05) is 49.4 Å². The summed E-state index contributed by atoms with van der Waals surface area (Å²) in [5, 5.41) is 13.3. The first-order chi connectivity index (χ1) is 15.9. The summed E-state index contributed by atoms with van der Waals surface area (Å²) >= 11 is 1.58. The van der Waals surface area contributed by atoms with Crippen molar-refractivity contribution in [1.29, 1.82) is 0 Å². The standard InChI is InChI=1S/C25H27N3O4S/c1-3-13-26(25(30)21-12-11-19(2)23(15-21)28(31)32)18-24(29)27(17-22-10-7-14-33-22)16-20-8-5-4-6-9-20/h4-12,14-15H,3,13,16-18H2,1-2H3. The number of nitro groups is 1. The van der Waals surface area contributed by atoms with Crippen molar-refractivity contribution in [2.75, 3.05) is 13.1 Å². The third kappa shape index (κ3) is 6.49. The fourth-order valence-electron chi connectivity index (χ4n) is 3.53. The van der Waals surface area contributed by atoms with Crippen LogP contribution in [0.5, 0.6) is 0 Å². The van der Waals surface area contributed by atoms with Gasteiger partial charge in [0.25, 0.3) is 11.6 Å². The number of nitro benzene ring substituents is 1. The number of rotatable bonds is 10. The van der Waals surface area contributed by atoms with Gasteiger partial charge in [-0.2, -0.15) is 0 Å². The van der Waals surface area contributed by atoms with Gasteiger partial charge < -0.3 is 9.80 Å². The molecule has 0 aliphatic carbocycles. The molecule has 0 unspecified atom stereocenters. The van der Waals surface area contributed by atoms with Gasteiger partial charge in [0, 0.05) is 35.2 Å². The van der Waals surface area contributed by atoms with E-state index in [9.17, 15) is 19.7 Å². The van der Waals surface area contributed by atoms with Gasteiger partial charge in [-0.25, -0.2) is 0 Å². The largest absolute Gasteiger partial charge is 0.332 e. The van der Waals surface area contributed by atoms with Gasteiger partial charge >= 0.3 is 0 Å². The molecule has 0 aliphatic heterocycles. The van der Waals surface area contributed by atoms with Crippen LogP contribution in [0.4, 0.5) is 5.69 Å². The van der Waals surface area contributed by atoms with Gasteiger partial charge in [-0.3, -0.25) is 19.7 Å². The Hall–Kier alpha value is -3.52. The van der Waals surface area contributed by atoms with E-state index in [1.807, 2.05) is 54.8 Å². The molecule has 2 aromatic carbocycles. The molecule has 0 N–H and O–H groups in total. The van der Waals surface area contributed by atoms with E-state index in [-0.39, 0.29) is 29.6 Å². The number of benzene rings is 2. The fourth-order valence-corrected chi connectivity index (χ4v) is 4.25. The molecule has 8 heteroatoms. The van der Waals surface area contributed by atoms with Crippen LogP contribution in [-0.4, -0.2) is 39.6 Å². The second-order valence-corrected chi connectivity index (χ2v) is 8.83. The Kier molecular flexibility index (Phi) is 8.32. The minimum Gasteiger partial charge on any atom is -0.332 e. The molecule has 1 aromatic heterocycles. The van der Waals surface area contributed by atoms with E-state index in [0.29, 0.717) is 31.6 Å². The second-order valence-electron chi connectivity index (χ2n) is 7.80. The van der Waals surface area contributed by atoms with Crippen LogP contribution >= 0.6 is 11.3 Å². The van der Waals surface area contributed by atoms with Crippen molar-refractivity contribution < 1.29 is 14.5 Å². The number of aryl methyl sites for hydroxylation is 1. The van der Waals surface area contributed by atoms with Gasteiger partial charge in [-0.05, 0) is 36.4 Å². The molecule has 0 aliphatic rings. The molecule has 0 bridgehead atoms. The van der Waals surface area contributed by atoms with E-state index in [4.69, 9.17) is 0 Å². The van der Waals surface area contributed by atoms with Crippen LogP contribution in [0.3, 0.4) is 0 Å². The highest BCUT2D eigenvalue weighted by molar-refractivity contribution is 7.09. The van der Waals surface area contributed by atoms with Crippen LogP contribution in [0.2, 0.25) is 0 Å². The van der Waals surface area contributed by atoms with Crippen molar-refractivity contribution in [3.8, 4) is 0 Å². The molecule has 0 atom stereocenters. The molecular formula is C25H27N3O4S. The second kappa shape index (κ2) is 11.4. The molecule has 33 heavy (non-hydrogen) atoms. The number of amides is 2. The van der Waals surface area contributed by atoms with E-state index in [2.05, 4.69) is 0 Å². The number of hydrogen-bond donors (Lipinski definition) is 0. The van der Waals surface area contributed by atoms with Crippen molar-refractivity contribution in [1.82, 2.24) is 9.80 Å². The number of nitrogens with zero attached hydrogens (tertiary/aromatic N) is 3. The van der Waals surface area contributed by atoms with E-state index in [1.165, 1.54) is 11.0 Å². The van der Waals surface area contributed by atoms with Crippen LogP contribution in [0.1, 0.15) is 39.7 Å². The minimum absolute atomic E-state index is 0.0907. The highest BCUT2D eigenvalue weighted by Crippen LogP contribution is 2.21. The van der Waals surface area contributed by atoms with Crippen molar-refractivity contribution in [2.45, 2.75) is 33.4 Å². The quantitative estimate of drug-likeness (QED) is 0.310. The lowest BCUT2D eigenvalue weighted by atomic mass is 10.1. The monoisotopic (exact) mass is 465 g/mol. The van der Waals surface area contributed by atoms with Crippen molar-refractivity contribution in [3.05, 3.63) is 97.7 Å². The molecule has 0 saturated heterocycles. The Labute approximate surface area is 197 Å². The molecule has 0 saturated carbocycles. The predicted octanol–water partition coefficient (Wildman–Crippen LogP) is 5.05. The summed E-state index contributed by atoms with van der Waals surface area (Å²) in [7, 11) is 0. The van der Waals surface area contributed by atoms with Crippen LogP contribution in [-0.2, 0) is 17.9 Å². The summed E-state index contributed by atoms with van der Waals surface area (Å²) < 4.78 is 0. The third-order valence-corrected chi connectivity index (χ3v) is 6.12. The summed E-state index contributed by atoms with van der Waals surface area (Å²) in [6, 6.07) is 18.1. The summed E-state index contributed by atoms with van der Waals surface area (Å²) in [5.74, 6) is -0.556. The molecule has 1 heterocycles. The van der Waals surface area contributed by atoms with Crippen LogP contribution in [0, 0.1) is 17.0 Å². The molecule has 0 fully saturated rings. The number of thiophene rings is 1. The maximum absolute atomic E-state index is 13.4. The lowest BCUT2D eigenvalue weighted by Crippen LogP contribution is -2.42. The zero-order chi connectivity index (χ0) is 23.8. The number of carbonyl (C=O) groups is 2. The lowest BCUT2D eigenvalue weighted by molar-refractivity contribution is -0.385. The Balaban J connectivity index is 1.81. The number of carbonyl (C=O) groups excluding carboxylic acids is 2. The van der Waals surface area contributed by atoms with Crippen molar-refractivity contribution in [2.24, 2.45) is 0 Å². The Bertz CT molecular complexity index is 1100. The molecule has 0 spiro atoms. The molecular weight excluding hydrogens is 438 g/mol. The van der Waals surface area contributed by atoms with E-state index >= 15 is 0 Å². The first-order valence-corrected chi connectivity index (χ1v) is 11.7. The normalized spacial score (nSPS) is 10.6. The zero-order valence-corrected chi connectivity index (χ0v) is 19.6. The summed E-state index contributed by atoms with van der Waals surface area (Å²) in [5.41, 5.74) is 1.60. The maximum atomic E-state index is 13.4. The first kappa shape index (κ1) is 24.1. The highest BCUT2D eigenvalue weighted by Gasteiger charge is 2.24. The zero-order valence-electron chi connectivity index (χ0n) is 18.8. The number of hydrogen-bond acceptors (Lipinski definition) is 5. The van der Waals surface area contributed by atoms with Crippen molar-refractivity contribution >= 4 is 28.8 Å². The van der Waals surface area contributed by atoms with Crippen molar-refractivity contribution in [3.63, 3.8) is 0 Å². The highest BCUT2D eigenvalue weighted by atomic mass is 32.1. The van der Waals surface area contributed by atoms with Gasteiger partial charge in [0.15, 0.2) is 0 Å². The average molecular weight is 466 g/mol. The summed E-state index contributed by atoms with van der Waals surface area (Å²) in [6.07, 6.45) is 0.663. The van der Waals surface area contributed by atoms with Crippen LogP contribution < -0.4 is 0 Å². The van der Waals surface area contributed by atoms with E-state index < -0.39 is 4.92 Å². The lowest BCUT2D eigenvalue weighted by Gasteiger charge is -2.27. The van der Waals surface area contributed by atoms with Gasteiger partial charge in [0.05, 0.1) is 11.5 Å². The first-order valence-electron chi connectivity index (χ1n) is 10.8. The SMILES string of the molecule is CCCN(CC(=O)N(Cc1ccccc1)Cc1cccs1)C(=O)c1ccc(C)c([N+](=O)[O-])c1. The van der Waals surface area contributed by atoms with Gasteiger partial charge in [-0.15, -0.1) is 11.3 Å². The minimum atomic E-state index is -0.496. The molecule has 0 radical (unpaired) electrons. The van der Waals surface area contributed by atoms with Crippen LogP contribution in [0.25, 0.3) is 0 Å². The predicted molar refractivity (Wildman–Crippen MR) is 129 cm³/mol.